The molecule has 0 aliphatic heterocycles. The molecule has 0 spiro atoms. The first kappa shape index (κ1) is 25.5. The van der Waals surface area contributed by atoms with Gasteiger partial charge in [-0.05, 0) is 60.2 Å². The number of carbonyl (C=O) groups is 1. The first-order valence-corrected chi connectivity index (χ1v) is 11.9. The van der Waals surface area contributed by atoms with Crippen LogP contribution in [0.1, 0.15) is 5.56 Å². The number of fused-ring (bicyclic) bond motifs is 1. The molecule has 1 heterocycles. The van der Waals surface area contributed by atoms with Gasteiger partial charge in [0, 0.05) is 28.4 Å². The molecule has 0 bridgehead atoms. The van der Waals surface area contributed by atoms with E-state index in [1.54, 1.807) is 81.1 Å². The van der Waals surface area contributed by atoms with Gasteiger partial charge < -0.3 is 24.8 Å². The van der Waals surface area contributed by atoms with Crippen LogP contribution >= 0.6 is 35.4 Å². The van der Waals surface area contributed by atoms with E-state index in [1.807, 2.05) is 0 Å². The van der Waals surface area contributed by atoms with Gasteiger partial charge in [-0.1, -0.05) is 35.3 Å². The zero-order valence-corrected chi connectivity index (χ0v) is 21.6. The van der Waals surface area contributed by atoms with Crippen LogP contribution in [-0.4, -0.2) is 30.2 Å². The van der Waals surface area contributed by atoms with Crippen LogP contribution in [0.25, 0.3) is 10.9 Å². The summed E-state index contributed by atoms with van der Waals surface area (Å²) < 4.78 is 16.8. The highest BCUT2D eigenvalue weighted by Gasteiger charge is 2.13. The third-order valence-corrected chi connectivity index (χ3v) is 5.90. The molecule has 7 nitrogen and oxygen atoms in total. The Morgan fingerprint density at radius 2 is 1.64 bits per heavy atom. The molecule has 10 heteroatoms. The Kier molecular flexibility index (Phi) is 8.10. The van der Waals surface area contributed by atoms with E-state index >= 15 is 0 Å². The van der Waals surface area contributed by atoms with E-state index in [1.165, 1.54) is 0 Å². The largest absolute Gasteiger partial charge is 0.493 e. The van der Waals surface area contributed by atoms with Gasteiger partial charge >= 0.3 is 0 Å². The molecule has 4 aromatic rings. The van der Waals surface area contributed by atoms with Gasteiger partial charge in [-0.25, -0.2) is 0 Å². The van der Waals surface area contributed by atoms with Gasteiger partial charge in [0.05, 0.1) is 31.2 Å². The number of hydrogen-bond acceptors (Lipinski definition) is 6. The summed E-state index contributed by atoms with van der Waals surface area (Å²) in [5.41, 5.74) is 2.10. The minimum absolute atomic E-state index is 0.153. The highest BCUT2D eigenvalue weighted by atomic mass is 35.5. The number of nitrogens with zero attached hydrogens (tertiary/aromatic N) is 1. The zero-order valence-electron chi connectivity index (χ0n) is 19.3. The number of rotatable bonds is 7. The van der Waals surface area contributed by atoms with Crippen molar-refractivity contribution in [1.82, 2.24) is 10.3 Å². The van der Waals surface area contributed by atoms with E-state index in [4.69, 9.17) is 49.6 Å². The summed E-state index contributed by atoms with van der Waals surface area (Å²) in [7, 11) is 3.13. The smallest absolute Gasteiger partial charge is 0.230 e. The lowest BCUT2D eigenvalue weighted by molar-refractivity contribution is -0.119. The van der Waals surface area contributed by atoms with E-state index in [9.17, 15) is 4.79 Å². The fourth-order valence-corrected chi connectivity index (χ4v) is 4.01. The van der Waals surface area contributed by atoms with E-state index in [2.05, 4.69) is 15.6 Å². The van der Waals surface area contributed by atoms with Crippen molar-refractivity contribution in [1.29, 1.82) is 0 Å². The molecule has 0 unspecified atom stereocenters. The Hall–Kier alpha value is -3.59. The third-order valence-electron chi connectivity index (χ3n) is 5.15. The number of anilines is 1. The highest BCUT2D eigenvalue weighted by molar-refractivity contribution is 7.80. The average molecular weight is 542 g/mol. The topological polar surface area (TPSA) is 81.7 Å². The maximum absolute atomic E-state index is 12.3. The van der Waals surface area contributed by atoms with Crippen molar-refractivity contribution in [2.75, 3.05) is 19.5 Å². The fourth-order valence-electron chi connectivity index (χ4n) is 3.44. The van der Waals surface area contributed by atoms with E-state index in [0.29, 0.717) is 44.2 Å². The summed E-state index contributed by atoms with van der Waals surface area (Å²) in [5, 5.41) is 7.45. The number of ether oxygens (including phenoxy) is 3. The summed E-state index contributed by atoms with van der Waals surface area (Å²) in [6, 6.07) is 17.4. The summed E-state index contributed by atoms with van der Waals surface area (Å²) >= 11 is 17.6. The van der Waals surface area contributed by atoms with Gasteiger partial charge in [-0.15, -0.1) is 0 Å². The Morgan fingerprint density at radius 1 is 0.917 bits per heavy atom. The van der Waals surface area contributed by atoms with Gasteiger partial charge in [-0.2, -0.15) is 0 Å². The van der Waals surface area contributed by atoms with Crippen LogP contribution < -0.4 is 24.8 Å². The van der Waals surface area contributed by atoms with Crippen molar-refractivity contribution in [2.45, 2.75) is 6.42 Å². The maximum atomic E-state index is 12.3. The minimum atomic E-state index is -0.252. The molecule has 2 N–H and O–H groups in total. The van der Waals surface area contributed by atoms with Crippen molar-refractivity contribution < 1.29 is 19.0 Å². The molecule has 3 aromatic carbocycles. The standard InChI is InChI=1S/C26H21Cl2N3O4S/c1-33-23-13-18-20(14-24(23)34-2)29-10-9-21(18)35-22-8-7-17(12-19(22)28)30-26(36)31-25(32)11-15-3-5-16(27)6-4-15/h3-10,12-14H,11H2,1-2H3,(H2,30,31,32,36). The molecule has 1 aromatic heterocycles. The van der Waals surface area contributed by atoms with Crippen LogP contribution in [0.5, 0.6) is 23.0 Å². The van der Waals surface area contributed by atoms with Crippen molar-refractivity contribution >= 4 is 63.0 Å². The number of pyridine rings is 1. The van der Waals surface area contributed by atoms with Crippen molar-refractivity contribution in [3.8, 4) is 23.0 Å². The van der Waals surface area contributed by atoms with E-state index in [0.717, 1.165) is 10.9 Å². The zero-order chi connectivity index (χ0) is 25.7. The van der Waals surface area contributed by atoms with Crippen LogP contribution in [0.2, 0.25) is 10.0 Å². The summed E-state index contributed by atoms with van der Waals surface area (Å²) in [6.45, 7) is 0. The second-order valence-corrected chi connectivity index (χ2v) is 8.84. The SMILES string of the molecule is COc1cc2nccc(Oc3ccc(NC(=S)NC(=O)Cc4ccc(Cl)cc4)cc3Cl)c2cc1OC. The molecule has 0 saturated heterocycles. The second-order valence-electron chi connectivity index (χ2n) is 7.59. The molecule has 0 atom stereocenters. The Bertz CT molecular complexity index is 1430. The molecular formula is C26H21Cl2N3O4S. The second kappa shape index (κ2) is 11.4. The molecule has 36 heavy (non-hydrogen) atoms. The number of benzene rings is 3. The predicted octanol–water partition coefficient (Wildman–Crippen LogP) is 6.41. The Labute approximate surface area is 223 Å². The van der Waals surface area contributed by atoms with Crippen LogP contribution in [0.3, 0.4) is 0 Å². The number of thiocarbonyl (C=S) groups is 1. The lowest BCUT2D eigenvalue weighted by atomic mass is 10.1. The highest BCUT2D eigenvalue weighted by Crippen LogP contribution is 2.38. The fraction of sp³-hybridized carbons (Fsp3) is 0.115. The average Bonchev–Trinajstić information content (AvgIpc) is 2.86. The molecular weight excluding hydrogens is 521 g/mol. The lowest BCUT2D eigenvalue weighted by Crippen LogP contribution is -2.35. The monoisotopic (exact) mass is 541 g/mol. The van der Waals surface area contributed by atoms with Crippen LogP contribution in [0.4, 0.5) is 5.69 Å². The van der Waals surface area contributed by atoms with E-state index in [-0.39, 0.29) is 17.4 Å². The lowest BCUT2D eigenvalue weighted by Gasteiger charge is -2.14. The summed E-state index contributed by atoms with van der Waals surface area (Å²) in [5.74, 6) is 1.85. The first-order chi connectivity index (χ1) is 17.4. The first-order valence-electron chi connectivity index (χ1n) is 10.7. The van der Waals surface area contributed by atoms with Crippen LogP contribution in [0.15, 0.2) is 66.9 Å². The molecule has 0 aliphatic carbocycles. The molecule has 184 valence electrons. The molecule has 0 saturated carbocycles. The maximum Gasteiger partial charge on any atom is 0.230 e. The predicted molar refractivity (Wildman–Crippen MR) is 146 cm³/mol. The third kappa shape index (κ3) is 6.15. The molecule has 0 fully saturated rings. The van der Waals surface area contributed by atoms with E-state index < -0.39 is 0 Å². The number of amides is 1. The van der Waals surface area contributed by atoms with Crippen LogP contribution in [0, 0.1) is 0 Å². The van der Waals surface area contributed by atoms with Crippen molar-refractivity contribution in [2.24, 2.45) is 0 Å². The van der Waals surface area contributed by atoms with Gasteiger partial charge in [0.25, 0.3) is 0 Å². The molecule has 4 rings (SSSR count). The number of nitrogens with one attached hydrogen (secondary N) is 2. The van der Waals surface area contributed by atoms with Gasteiger partial charge in [0.2, 0.25) is 5.91 Å². The number of hydrogen-bond donors (Lipinski definition) is 2. The Morgan fingerprint density at radius 3 is 2.33 bits per heavy atom. The number of methoxy groups -OCH3 is 2. The molecule has 1 amide bonds. The normalized spacial score (nSPS) is 10.6. The number of aromatic nitrogens is 1. The van der Waals surface area contributed by atoms with Gasteiger partial charge in [0.15, 0.2) is 16.6 Å². The van der Waals surface area contributed by atoms with Crippen LogP contribution in [-0.2, 0) is 11.2 Å². The Balaban J connectivity index is 1.44. The van der Waals surface area contributed by atoms with Crippen molar-refractivity contribution in [3.63, 3.8) is 0 Å². The summed E-state index contributed by atoms with van der Waals surface area (Å²) in [4.78, 5) is 16.7. The molecule has 0 radical (unpaired) electrons. The van der Waals surface area contributed by atoms with Gasteiger partial charge in [-0.3, -0.25) is 9.78 Å². The number of carbonyl (C=O) groups excluding carboxylic acids is 1. The number of halogens is 2. The minimum Gasteiger partial charge on any atom is -0.493 e. The summed E-state index contributed by atoms with van der Waals surface area (Å²) in [6.07, 6.45) is 1.81. The van der Waals surface area contributed by atoms with Crippen molar-refractivity contribution in [3.05, 3.63) is 82.5 Å². The quantitative estimate of drug-likeness (QED) is 0.261. The van der Waals surface area contributed by atoms with Gasteiger partial charge in [0.1, 0.15) is 11.5 Å². The molecule has 0 aliphatic rings.